The predicted molar refractivity (Wildman–Crippen MR) is 120 cm³/mol. The van der Waals surface area contributed by atoms with Crippen molar-refractivity contribution < 1.29 is 23.8 Å². The van der Waals surface area contributed by atoms with E-state index in [1.165, 1.54) is 44.7 Å². The largest absolute Gasteiger partial charge is 0.493 e. The predicted octanol–water partition coefficient (Wildman–Crippen LogP) is 1.59. The zero-order valence-corrected chi connectivity index (χ0v) is 18.3. The number of nitro groups is 1. The van der Waals surface area contributed by atoms with Crippen molar-refractivity contribution in [3.8, 4) is 28.6 Å². The van der Waals surface area contributed by atoms with Crippen LogP contribution in [0, 0.1) is 10.1 Å². The number of nitrogen functional groups attached to an aromatic ring is 1. The molecule has 4 rings (SSSR count). The van der Waals surface area contributed by atoms with Gasteiger partial charge in [0.1, 0.15) is 5.69 Å². The summed E-state index contributed by atoms with van der Waals surface area (Å²) in [6.45, 7) is 0. The Labute approximate surface area is 196 Å². The van der Waals surface area contributed by atoms with E-state index in [1.54, 1.807) is 18.2 Å². The lowest BCUT2D eigenvalue weighted by Crippen LogP contribution is -2.19. The maximum Gasteiger partial charge on any atom is 0.294 e. The van der Waals surface area contributed by atoms with E-state index in [0.29, 0.717) is 22.6 Å². The molecule has 3 N–H and O–H groups in total. The van der Waals surface area contributed by atoms with E-state index in [2.05, 4.69) is 35.8 Å². The van der Waals surface area contributed by atoms with E-state index in [0.717, 1.165) is 4.68 Å². The molecule has 0 spiro atoms. The first-order valence-corrected chi connectivity index (χ1v) is 9.78. The minimum atomic E-state index is -0.724. The quantitative estimate of drug-likeness (QED) is 0.211. The third-order valence-corrected chi connectivity index (χ3v) is 4.74. The van der Waals surface area contributed by atoms with Crippen LogP contribution in [-0.2, 0) is 0 Å². The Kier molecular flexibility index (Phi) is 6.30. The van der Waals surface area contributed by atoms with Crippen molar-refractivity contribution in [2.45, 2.75) is 0 Å². The van der Waals surface area contributed by atoms with Gasteiger partial charge in [-0.25, -0.2) is 10.1 Å². The number of aromatic nitrogens is 5. The number of methoxy groups -OCH3 is 2. The van der Waals surface area contributed by atoms with Crippen molar-refractivity contribution in [1.82, 2.24) is 30.7 Å². The van der Waals surface area contributed by atoms with E-state index >= 15 is 0 Å². The second-order valence-corrected chi connectivity index (χ2v) is 6.76. The third-order valence-electron chi connectivity index (χ3n) is 4.74. The molecule has 178 valence electrons. The molecule has 0 radical (unpaired) electrons. The molecule has 0 aliphatic carbocycles. The second-order valence-electron chi connectivity index (χ2n) is 6.76. The van der Waals surface area contributed by atoms with Gasteiger partial charge in [-0.3, -0.25) is 14.9 Å². The lowest BCUT2D eigenvalue weighted by molar-refractivity contribution is -0.384. The van der Waals surface area contributed by atoms with Crippen LogP contribution in [0.4, 0.5) is 11.5 Å². The van der Waals surface area contributed by atoms with Crippen molar-refractivity contribution >= 4 is 23.6 Å². The van der Waals surface area contributed by atoms with E-state index < -0.39 is 10.8 Å². The second kappa shape index (κ2) is 9.65. The highest BCUT2D eigenvalue weighted by atomic mass is 16.6. The molecule has 0 bridgehead atoms. The number of non-ortho nitro benzene ring substituents is 1. The molecule has 0 fully saturated rings. The molecular formula is C20H17N9O6. The molecule has 2 heterocycles. The number of hydrogen-bond donors (Lipinski definition) is 2. The topological polar surface area (TPSA) is 199 Å². The molecule has 0 aliphatic heterocycles. The van der Waals surface area contributed by atoms with Crippen LogP contribution in [0.1, 0.15) is 16.1 Å². The lowest BCUT2D eigenvalue weighted by atomic mass is 10.1. The van der Waals surface area contributed by atoms with E-state index in [4.69, 9.17) is 15.2 Å². The Morgan fingerprint density at radius 1 is 1.20 bits per heavy atom. The number of nitrogens with zero attached hydrogens (tertiary/aromatic N) is 7. The summed E-state index contributed by atoms with van der Waals surface area (Å²) in [7, 11) is 2.98. The number of nitro benzene ring substituents is 1. The molecule has 0 saturated carbocycles. The number of hydrazone groups is 1. The number of benzene rings is 2. The van der Waals surface area contributed by atoms with E-state index in [9.17, 15) is 14.9 Å². The van der Waals surface area contributed by atoms with Crippen LogP contribution < -0.4 is 20.6 Å². The van der Waals surface area contributed by atoms with Crippen molar-refractivity contribution in [3.63, 3.8) is 0 Å². The monoisotopic (exact) mass is 479 g/mol. The average molecular weight is 479 g/mol. The molecule has 4 aromatic rings. The molecule has 15 nitrogen and oxygen atoms in total. The highest BCUT2D eigenvalue weighted by molar-refractivity contribution is 5.99. The molecule has 0 aliphatic rings. The highest BCUT2D eigenvalue weighted by Gasteiger charge is 2.25. The molecule has 2 aromatic heterocycles. The van der Waals surface area contributed by atoms with Crippen molar-refractivity contribution in [2.75, 3.05) is 20.0 Å². The Bertz CT molecular complexity index is 1410. The van der Waals surface area contributed by atoms with Crippen LogP contribution in [0.5, 0.6) is 11.5 Å². The van der Waals surface area contributed by atoms with Gasteiger partial charge in [0.15, 0.2) is 17.2 Å². The minimum absolute atomic E-state index is 0.0190. The van der Waals surface area contributed by atoms with Gasteiger partial charge in [0.2, 0.25) is 11.6 Å². The number of anilines is 1. The lowest BCUT2D eigenvalue weighted by Gasteiger charge is -2.09. The van der Waals surface area contributed by atoms with Crippen LogP contribution in [0.15, 0.2) is 52.2 Å². The number of carbonyl (C=O) groups excluding carboxylic acids is 1. The van der Waals surface area contributed by atoms with Crippen molar-refractivity contribution in [3.05, 3.63) is 63.8 Å². The van der Waals surface area contributed by atoms with Crippen LogP contribution in [0.25, 0.3) is 17.1 Å². The summed E-state index contributed by atoms with van der Waals surface area (Å²) < 4.78 is 16.3. The number of amides is 1. The smallest absolute Gasteiger partial charge is 0.294 e. The maximum atomic E-state index is 13.0. The molecule has 0 unspecified atom stereocenters. The first-order valence-electron chi connectivity index (χ1n) is 9.78. The highest BCUT2D eigenvalue weighted by Crippen LogP contribution is 2.30. The van der Waals surface area contributed by atoms with Gasteiger partial charge < -0.3 is 15.2 Å². The molecule has 15 heteroatoms. The molecule has 0 saturated heterocycles. The van der Waals surface area contributed by atoms with Crippen LogP contribution in [0.2, 0.25) is 0 Å². The maximum absolute atomic E-state index is 13.0. The number of hydrogen-bond acceptors (Lipinski definition) is 12. The number of para-hydroxylation sites is 1. The number of carbonyl (C=O) groups is 1. The normalized spacial score (nSPS) is 10.9. The molecule has 35 heavy (non-hydrogen) atoms. The van der Waals surface area contributed by atoms with Crippen molar-refractivity contribution in [2.24, 2.45) is 5.10 Å². The van der Waals surface area contributed by atoms with Crippen LogP contribution in [0.3, 0.4) is 0 Å². The van der Waals surface area contributed by atoms with Gasteiger partial charge in [-0.05, 0) is 34.6 Å². The van der Waals surface area contributed by atoms with Gasteiger partial charge in [-0.15, -0.1) is 5.10 Å². The van der Waals surface area contributed by atoms with Crippen LogP contribution in [-0.4, -0.2) is 56.6 Å². The first-order chi connectivity index (χ1) is 16.9. The Morgan fingerprint density at radius 2 is 1.97 bits per heavy atom. The molecular weight excluding hydrogens is 462 g/mol. The number of nitrogens with one attached hydrogen (secondary N) is 1. The summed E-state index contributed by atoms with van der Waals surface area (Å²) in [4.78, 5) is 23.4. The van der Waals surface area contributed by atoms with Crippen molar-refractivity contribution in [1.29, 1.82) is 0 Å². The van der Waals surface area contributed by atoms with Gasteiger partial charge in [0.25, 0.3) is 11.6 Å². The van der Waals surface area contributed by atoms with Gasteiger partial charge in [-0.2, -0.15) is 9.78 Å². The van der Waals surface area contributed by atoms with Crippen LogP contribution >= 0.6 is 0 Å². The molecule has 0 atom stereocenters. The molecule has 2 aromatic carbocycles. The summed E-state index contributed by atoms with van der Waals surface area (Å²) in [6.07, 6.45) is 1.37. The summed E-state index contributed by atoms with van der Waals surface area (Å²) in [6, 6.07) is 10.6. The Morgan fingerprint density at radius 3 is 2.60 bits per heavy atom. The number of ether oxygens (including phenoxy) is 2. The summed E-state index contributed by atoms with van der Waals surface area (Å²) in [5.74, 6) is 0.0740. The average Bonchev–Trinajstić information content (AvgIpc) is 3.49. The minimum Gasteiger partial charge on any atom is -0.493 e. The fraction of sp³-hybridized carbons (Fsp3) is 0.100. The zero-order chi connectivity index (χ0) is 24.9. The summed E-state index contributed by atoms with van der Waals surface area (Å²) in [5.41, 5.74) is 8.89. The standard InChI is InChI=1S/C20H17N9O6/c1-33-14-5-3-4-12(17(14)34-2)10-22-24-20(30)15-16(11-6-8-13(9-7-11)29(31)32)28(27-23-15)19-18(21)25-35-26-19/h3-10H,1-2H3,(H2,21,25)(H,24,30)/b22-10-. The Hall–Kier alpha value is -5.34. The number of nitrogens with two attached hydrogens (primary N) is 1. The van der Waals surface area contributed by atoms with Gasteiger partial charge in [0.05, 0.1) is 25.4 Å². The number of rotatable bonds is 8. The first kappa shape index (κ1) is 22.8. The van der Waals surface area contributed by atoms with Gasteiger partial charge in [-0.1, -0.05) is 11.3 Å². The van der Waals surface area contributed by atoms with Gasteiger partial charge >= 0.3 is 0 Å². The SMILES string of the molecule is COc1cccc(/C=N\NC(=O)c2nnn(-c3nonc3N)c2-c2ccc([N+](=O)[O-])cc2)c1OC. The fourth-order valence-corrected chi connectivity index (χ4v) is 3.15. The third kappa shape index (κ3) is 4.45. The van der Waals surface area contributed by atoms with Gasteiger partial charge in [0, 0.05) is 23.3 Å². The Balaban J connectivity index is 1.69. The van der Waals surface area contributed by atoms with E-state index in [-0.39, 0.29) is 28.7 Å². The fourth-order valence-electron chi connectivity index (χ4n) is 3.15. The summed E-state index contributed by atoms with van der Waals surface area (Å²) >= 11 is 0. The van der Waals surface area contributed by atoms with E-state index in [1.807, 2.05) is 0 Å². The summed E-state index contributed by atoms with van der Waals surface area (Å²) in [5, 5.41) is 30.0. The zero-order valence-electron chi connectivity index (χ0n) is 18.3. The molecule has 1 amide bonds.